The molecule has 0 atom stereocenters. The predicted molar refractivity (Wildman–Crippen MR) is 120 cm³/mol. The maximum atomic E-state index is 12.2. The minimum atomic E-state index is -0.0393. The average molecular weight is 419 g/mol. The van der Waals surface area contributed by atoms with Gasteiger partial charge in [-0.05, 0) is 54.3 Å². The first-order valence-corrected chi connectivity index (χ1v) is 10.0. The smallest absolute Gasteiger partial charge is 0.251 e. The third-order valence-electron chi connectivity index (χ3n) is 5.29. The van der Waals surface area contributed by atoms with Gasteiger partial charge < -0.3 is 25.3 Å². The van der Waals surface area contributed by atoms with Crippen LogP contribution in [-0.2, 0) is 0 Å². The molecule has 31 heavy (non-hydrogen) atoms. The standard InChI is InChI=1S/C24H25N3O4/c1-29-20-11-16(12-21(30-2)22(20)31-3)19-10-17(13-26-23(19)25)14-4-6-15(7-5-14)24(28)27-18-8-9-18/h4-7,10-13,18H,8-9H2,1-3H3,(H2,25,26)(H,27,28). The first-order valence-electron chi connectivity index (χ1n) is 10.0. The average Bonchev–Trinajstić information content (AvgIpc) is 3.62. The molecule has 3 N–H and O–H groups in total. The molecule has 1 aliphatic rings. The summed E-state index contributed by atoms with van der Waals surface area (Å²) >= 11 is 0. The van der Waals surface area contributed by atoms with Crippen LogP contribution in [0.2, 0.25) is 0 Å². The fourth-order valence-electron chi connectivity index (χ4n) is 3.41. The van der Waals surface area contributed by atoms with Crippen LogP contribution < -0.4 is 25.3 Å². The van der Waals surface area contributed by atoms with E-state index in [0.29, 0.717) is 34.7 Å². The number of hydrogen-bond donors (Lipinski definition) is 2. The molecule has 3 aromatic rings. The number of nitrogens with two attached hydrogens (primary N) is 1. The topological polar surface area (TPSA) is 95.7 Å². The maximum absolute atomic E-state index is 12.2. The molecule has 1 amide bonds. The van der Waals surface area contributed by atoms with Crippen molar-refractivity contribution in [2.24, 2.45) is 0 Å². The number of nitrogen functional groups attached to an aromatic ring is 1. The minimum Gasteiger partial charge on any atom is -0.493 e. The number of carbonyl (C=O) groups excluding carboxylic acids is 1. The third-order valence-corrected chi connectivity index (χ3v) is 5.29. The fraction of sp³-hybridized carbons (Fsp3) is 0.250. The molecule has 7 heteroatoms. The van der Waals surface area contributed by atoms with E-state index < -0.39 is 0 Å². The molecule has 2 aromatic carbocycles. The number of benzene rings is 2. The van der Waals surface area contributed by atoms with Gasteiger partial charge in [0.05, 0.1) is 21.3 Å². The number of carbonyl (C=O) groups is 1. The number of aromatic nitrogens is 1. The predicted octanol–water partition coefficient (Wildman–Crippen LogP) is 3.92. The van der Waals surface area contributed by atoms with Crippen LogP contribution in [0.15, 0.2) is 48.7 Å². The quantitative estimate of drug-likeness (QED) is 0.603. The van der Waals surface area contributed by atoms with Crippen molar-refractivity contribution in [2.75, 3.05) is 27.1 Å². The summed E-state index contributed by atoms with van der Waals surface area (Å²) in [5, 5.41) is 3.00. The van der Waals surface area contributed by atoms with E-state index in [1.54, 1.807) is 27.5 Å². The lowest BCUT2D eigenvalue weighted by atomic mass is 9.99. The first-order chi connectivity index (χ1) is 15.0. The summed E-state index contributed by atoms with van der Waals surface area (Å²) in [6.07, 6.45) is 3.84. The first kappa shape index (κ1) is 20.5. The summed E-state index contributed by atoms with van der Waals surface area (Å²) in [4.78, 5) is 16.6. The van der Waals surface area contributed by atoms with Gasteiger partial charge in [-0.25, -0.2) is 4.98 Å². The van der Waals surface area contributed by atoms with E-state index in [1.807, 2.05) is 42.5 Å². The highest BCUT2D eigenvalue weighted by Gasteiger charge is 2.23. The van der Waals surface area contributed by atoms with E-state index in [9.17, 15) is 4.79 Å². The zero-order chi connectivity index (χ0) is 22.0. The van der Waals surface area contributed by atoms with Crippen molar-refractivity contribution in [1.82, 2.24) is 10.3 Å². The van der Waals surface area contributed by atoms with Crippen LogP contribution in [0.1, 0.15) is 23.2 Å². The molecule has 160 valence electrons. The molecular weight excluding hydrogens is 394 g/mol. The van der Waals surface area contributed by atoms with E-state index in [0.717, 1.165) is 35.1 Å². The van der Waals surface area contributed by atoms with Gasteiger partial charge in [0.25, 0.3) is 5.91 Å². The van der Waals surface area contributed by atoms with Crippen LogP contribution in [0.5, 0.6) is 17.2 Å². The lowest BCUT2D eigenvalue weighted by Gasteiger charge is -2.15. The van der Waals surface area contributed by atoms with E-state index in [2.05, 4.69) is 10.3 Å². The number of methoxy groups -OCH3 is 3. The summed E-state index contributed by atoms with van der Waals surface area (Å²) in [5.74, 6) is 1.93. The molecule has 0 aliphatic heterocycles. The molecule has 4 rings (SSSR count). The van der Waals surface area contributed by atoms with Crippen molar-refractivity contribution in [3.05, 3.63) is 54.2 Å². The molecule has 0 saturated heterocycles. The van der Waals surface area contributed by atoms with Crippen LogP contribution in [0.4, 0.5) is 5.82 Å². The van der Waals surface area contributed by atoms with E-state index in [4.69, 9.17) is 19.9 Å². The summed E-state index contributed by atoms with van der Waals surface area (Å²) in [5.41, 5.74) is 10.2. The lowest BCUT2D eigenvalue weighted by molar-refractivity contribution is 0.0951. The molecule has 7 nitrogen and oxygen atoms in total. The van der Waals surface area contributed by atoms with Gasteiger partial charge in [-0.2, -0.15) is 0 Å². The van der Waals surface area contributed by atoms with Gasteiger partial charge in [0, 0.05) is 28.9 Å². The van der Waals surface area contributed by atoms with E-state index in [-0.39, 0.29) is 5.91 Å². The second-order valence-electron chi connectivity index (χ2n) is 7.40. The number of anilines is 1. The van der Waals surface area contributed by atoms with Crippen molar-refractivity contribution in [3.8, 4) is 39.5 Å². The van der Waals surface area contributed by atoms with Gasteiger partial charge in [0.15, 0.2) is 11.5 Å². The van der Waals surface area contributed by atoms with Gasteiger partial charge >= 0.3 is 0 Å². The monoisotopic (exact) mass is 419 g/mol. The molecule has 1 aromatic heterocycles. The molecule has 0 bridgehead atoms. The molecule has 0 radical (unpaired) electrons. The maximum Gasteiger partial charge on any atom is 0.251 e. The fourth-order valence-corrected chi connectivity index (χ4v) is 3.41. The number of ether oxygens (including phenoxy) is 3. The van der Waals surface area contributed by atoms with Crippen LogP contribution in [0.3, 0.4) is 0 Å². The second-order valence-corrected chi connectivity index (χ2v) is 7.40. The zero-order valence-electron chi connectivity index (χ0n) is 17.8. The molecule has 1 saturated carbocycles. The Morgan fingerprint density at radius 2 is 1.58 bits per heavy atom. The summed E-state index contributed by atoms with van der Waals surface area (Å²) in [6.45, 7) is 0. The SMILES string of the molecule is COc1cc(-c2cc(-c3ccc(C(=O)NC4CC4)cc3)cnc2N)cc(OC)c1OC. The Labute approximate surface area is 181 Å². The number of nitrogens with one attached hydrogen (secondary N) is 1. The highest BCUT2D eigenvalue weighted by molar-refractivity contribution is 5.95. The van der Waals surface area contributed by atoms with E-state index >= 15 is 0 Å². The van der Waals surface area contributed by atoms with Gasteiger partial charge in [0.1, 0.15) is 5.82 Å². The van der Waals surface area contributed by atoms with Crippen molar-refractivity contribution in [1.29, 1.82) is 0 Å². The highest BCUT2D eigenvalue weighted by atomic mass is 16.5. The number of hydrogen-bond acceptors (Lipinski definition) is 6. The highest BCUT2D eigenvalue weighted by Crippen LogP contribution is 2.42. The van der Waals surface area contributed by atoms with Gasteiger partial charge in [-0.3, -0.25) is 4.79 Å². The summed E-state index contributed by atoms with van der Waals surface area (Å²) in [7, 11) is 4.70. The van der Waals surface area contributed by atoms with Gasteiger partial charge in [-0.1, -0.05) is 12.1 Å². The van der Waals surface area contributed by atoms with Crippen LogP contribution in [-0.4, -0.2) is 38.3 Å². The lowest BCUT2D eigenvalue weighted by Crippen LogP contribution is -2.25. The molecular formula is C24H25N3O4. The molecule has 1 fully saturated rings. The molecule has 1 aliphatic carbocycles. The Morgan fingerprint density at radius 1 is 0.935 bits per heavy atom. The Kier molecular flexibility index (Phi) is 5.66. The Balaban J connectivity index is 1.68. The number of nitrogens with zero attached hydrogens (tertiary/aromatic N) is 1. The second kappa shape index (κ2) is 8.55. The molecule has 1 heterocycles. The summed E-state index contributed by atoms with van der Waals surface area (Å²) in [6, 6.07) is 13.4. The Hall–Kier alpha value is -3.74. The van der Waals surface area contributed by atoms with Crippen molar-refractivity contribution >= 4 is 11.7 Å². The van der Waals surface area contributed by atoms with Crippen LogP contribution in [0, 0.1) is 0 Å². The Morgan fingerprint density at radius 3 is 2.13 bits per heavy atom. The van der Waals surface area contributed by atoms with Crippen molar-refractivity contribution in [2.45, 2.75) is 18.9 Å². The van der Waals surface area contributed by atoms with Gasteiger partial charge in [-0.15, -0.1) is 0 Å². The van der Waals surface area contributed by atoms with Crippen LogP contribution in [0.25, 0.3) is 22.3 Å². The summed E-state index contributed by atoms with van der Waals surface area (Å²) < 4.78 is 16.3. The molecule has 0 spiro atoms. The Bertz CT molecular complexity index is 1080. The number of amides is 1. The minimum absolute atomic E-state index is 0.0393. The number of rotatable bonds is 7. The number of pyridine rings is 1. The largest absolute Gasteiger partial charge is 0.493 e. The van der Waals surface area contributed by atoms with Crippen molar-refractivity contribution < 1.29 is 19.0 Å². The van der Waals surface area contributed by atoms with Gasteiger partial charge in [0.2, 0.25) is 5.75 Å². The van der Waals surface area contributed by atoms with Crippen molar-refractivity contribution in [3.63, 3.8) is 0 Å². The third kappa shape index (κ3) is 4.26. The van der Waals surface area contributed by atoms with Crippen LogP contribution >= 0.6 is 0 Å². The normalized spacial score (nSPS) is 12.9. The zero-order valence-corrected chi connectivity index (χ0v) is 17.8. The molecule has 0 unspecified atom stereocenters. The van der Waals surface area contributed by atoms with E-state index in [1.165, 1.54) is 0 Å².